The van der Waals surface area contributed by atoms with Gasteiger partial charge in [0.05, 0.1) is 11.1 Å². The molecule has 1 N–H and O–H groups in total. The van der Waals surface area contributed by atoms with Gasteiger partial charge in [-0.05, 0) is 12.1 Å². The summed E-state index contributed by atoms with van der Waals surface area (Å²) in [5.74, 6) is -0.601. The van der Waals surface area contributed by atoms with Gasteiger partial charge >= 0.3 is 0 Å². The predicted molar refractivity (Wildman–Crippen MR) is 44.0 cm³/mol. The maximum absolute atomic E-state index is 10.9. The van der Waals surface area contributed by atoms with Gasteiger partial charge < -0.3 is 0 Å². The first kappa shape index (κ1) is 9.22. The quantitative estimate of drug-likeness (QED) is 0.447. The molecule has 0 aliphatic carbocycles. The maximum atomic E-state index is 10.9. The van der Waals surface area contributed by atoms with E-state index in [1.807, 2.05) is 0 Å². The lowest BCUT2D eigenvalue weighted by Gasteiger charge is -1.88. The Hall–Kier alpha value is -0.874. The first-order chi connectivity index (χ1) is 5.29. The summed E-state index contributed by atoms with van der Waals surface area (Å²) in [7, 11) is 0. The molecular formula is C8H5MgNO2. The van der Waals surface area contributed by atoms with Gasteiger partial charge in [0.1, 0.15) is 0 Å². The number of hydrogen-bond donors (Lipinski definition) is 1. The molecule has 0 unspecified atom stereocenters. The Balaban J connectivity index is 0.000000720. The minimum absolute atomic E-state index is 0. The number of benzene rings is 1. The number of imide groups is 1. The lowest BCUT2D eigenvalue weighted by molar-refractivity contribution is 0.0879. The minimum Gasteiger partial charge on any atom is -0.288 e. The molecule has 2 rings (SSSR count). The van der Waals surface area contributed by atoms with Gasteiger partial charge in [0.2, 0.25) is 0 Å². The summed E-state index contributed by atoms with van der Waals surface area (Å²) in [5, 5.41) is 2.20. The molecule has 0 saturated heterocycles. The molecule has 2 radical (unpaired) electrons. The molecule has 0 bridgehead atoms. The fourth-order valence-corrected chi connectivity index (χ4v) is 1.12. The highest BCUT2D eigenvalue weighted by molar-refractivity contribution is 6.21. The number of hydrogen-bond acceptors (Lipinski definition) is 2. The molecule has 0 aromatic heterocycles. The minimum atomic E-state index is -0.300. The van der Waals surface area contributed by atoms with E-state index >= 15 is 0 Å². The molecule has 1 aromatic carbocycles. The third kappa shape index (κ3) is 1.23. The highest BCUT2D eigenvalue weighted by Crippen LogP contribution is 2.13. The molecular weight excluding hydrogens is 166 g/mol. The third-order valence-electron chi connectivity index (χ3n) is 1.64. The van der Waals surface area contributed by atoms with Gasteiger partial charge in [-0.1, -0.05) is 12.1 Å². The van der Waals surface area contributed by atoms with Crippen LogP contribution in [0.2, 0.25) is 0 Å². The molecule has 0 spiro atoms. The van der Waals surface area contributed by atoms with Crippen LogP contribution in [0, 0.1) is 0 Å². The lowest BCUT2D eigenvalue weighted by Crippen LogP contribution is -2.19. The monoisotopic (exact) mass is 171 g/mol. The van der Waals surface area contributed by atoms with E-state index in [-0.39, 0.29) is 34.9 Å². The molecule has 2 amide bonds. The lowest BCUT2D eigenvalue weighted by atomic mass is 10.1. The second-order valence-corrected chi connectivity index (χ2v) is 2.33. The first-order valence-electron chi connectivity index (χ1n) is 3.24. The van der Waals surface area contributed by atoms with E-state index in [4.69, 9.17) is 0 Å². The number of rotatable bonds is 0. The van der Waals surface area contributed by atoms with Crippen molar-refractivity contribution < 1.29 is 9.59 Å². The van der Waals surface area contributed by atoms with E-state index in [1.54, 1.807) is 24.3 Å². The molecule has 1 aliphatic heterocycles. The Morgan fingerprint density at radius 2 is 1.33 bits per heavy atom. The van der Waals surface area contributed by atoms with Crippen LogP contribution in [0.15, 0.2) is 24.3 Å². The van der Waals surface area contributed by atoms with Crippen LogP contribution in [-0.4, -0.2) is 34.9 Å². The van der Waals surface area contributed by atoms with Crippen molar-refractivity contribution in [2.45, 2.75) is 0 Å². The summed E-state index contributed by atoms with van der Waals surface area (Å²) < 4.78 is 0. The largest absolute Gasteiger partial charge is 0.288 e. The van der Waals surface area contributed by atoms with Crippen molar-refractivity contribution in [3.8, 4) is 0 Å². The molecule has 1 heterocycles. The van der Waals surface area contributed by atoms with Crippen molar-refractivity contribution in [1.29, 1.82) is 0 Å². The molecule has 4 heteroatoms. The smallest absolute Gasteiger partial charge is 0.258 e. The molecule has 12 heavy (non-hydrogen) atoms. The Morgan fingerprint density at radius 3 is 1.75 bits per heavy atom. The second kappa shape index (κ2) is 3.24. The van der Waals surface area contributed by atoms with Crippen LogP contribution in [-0.2, 0) is 0 Å². The van der Waals surface area contributed by atoms with Gasteiger partial charge in [-0.25, -0.2) is 0 Å². The molecule has 0 atom stereocenters. The van der Waals surface area contributed by atoms with Gasteiger partial charge in [0.15, 0.2) is 0 Å². The zero-order valence-corrected chi connectivity index (χ0v) is 7.75. The van der Waals surface area contributed by atoms with Gasteiger partial charge in [-0.15, -0.1) is 0 Å². The van der Waals surface area contributed by atoms with Crippen molar-refractivity contribution >= 4 is 34.9 Å². The standard InChI is InChI=1S/C8H5NO2.Mg/c10-7-5-3-1-2-4-6(5)8(11)9-7;/h1-4H,(H,9,10,11);. The second-order valence-electron chi connectivity index (χ2n) is 2.33. The Bertz CT molecular complexity index is 316. The number of amides is 2. The Labute approximate surface area is 85.3 Å². The Kier molecular flexibility index (Phi) is 2.49. The molecule has 1 aliphatic rings. The summed E-state index contributed by atoms with van der Waals surface area (Å²) >= 11 is 0. The van der Waals surface area contributed by atoms with Crippen molar-refractivity contribution in [3.63, 3.8) is 0 Å². The van der Waals surface area contributed by atoms with Crippen LogP contribution < -0.4 is 5.32 Å². The topological polar surface area (TPSA) is 46.2 Å². The van der Waals surface area contributed by atoms with Crippen LogP contribution in [0.5, 0.6) is 0 Å². The van der Waals surface area contributed by atoms with E-state index in [1.165, 1.54) is 0 Å². The van der Waals surface area contributed by atoms with Crippen LogP contribution in [0.3, 0.4) is 0 Å². The van der Waals surface area contributed by atoms with Crippen LogP contribution in [0.1, 0.15) is 20.7 Å². The van der Waals surface area contributed by atoms with Crippen LogP contribution in [0.4, 0.5) is 0 Å². The van der Waals surface area contributed by atoms with Gasteiger partial charge in [-0.3, -0.25) is 14.9 Å². The Morgan fingerprint density at radius 1 is 0.917 bits per heavy atom. The van der Waals surface area contributed by atoms with Crippen LogP contribution >= 0.6 is 0 Å². The van der Waals surface area contributed by atoms with Crippen molar-refractivity contribution in [2.75, 3.05) is 0 Å². The highest BCUT2D eigenvalue weighted by Gasteiger charge is 2.25. The normalized spacial score (nSPS) is 13.3. The fourth-order valence-electron chi connectivity index (χ4n) is 1.12. The predicted octanol–water partition coefficient (Wildman–Crippen LogP) is 0.189. The van der Waals surface area contributed by atoms with Crippen molar-refractivity contribution in [3.05, 3.63) is 35.4 Å². The summed E-state index contributed by atoms with van der Waals surface area (Å²) in [4.78, 5) is 21.9. The highest BCUT2D eigenvalue weighted by atomic mass is 24.3. The van der Waals surface area contributed by atoms with E-state index in [9.17, 15) is 9.59 Å². The number of fused-ring (bicyclic) bond motifs is 1. The molecule has 3 nitrogen and oxygen atoms in total. The van der Waals surface area contributed by atoms with Gasteiger partial charge in [0, 0.05) is 23.1 Å². The third-order valence-corrected chi connectivity index (χ3v) is 1.64. The van der Waals surface area contributed by atoms with E-state index in [0.29, 0.717) is 11.1 Å². The molecule has 0 saturated carbocycles. The summed E-state index contributed by atoms with van der Waals surface area (Å²) in [5.41, 5.74) is 0.940. The molecule has 0 fully saturated rings. The van der Waals surface area contributed by atoms with Crippen molar-refractivity contribution in [2.24, 2.45) is 0 Å². The summed E-state index contributed by atoms with van der Waals surface area (Å²) in [6.45, 7) is 0. The number of nitrogens with one attached hydrogen (secondary N) is 1. The van der Waals surface area contributed by atoms with Crippen LogP contribution in [0.25, 0.3) is 0 Å². The SMILES string of the molecule is O=C1NC(=O)c2ccccc21.[Mg]. The van der Waals surface area contributed by atoms with E-state index < -0.39 is 0 Å². The average Bonchev–Trinajstić information content (AvgIpc) is 2.30. The van der Waals surface area contributed by atoms with Gasteiger partial charge in [0.25, 0.3) is 11.8 Å². The first-order valence-corrected chi connectivity index (χ1v) is 3.24. The van der Waals surface area contributed by atoms with E-state index in [2.05, 4.69) is 5.32 Å². The summed E-state index contributed by atoms with van der Waals surface area (Å²) in [6.07, 6.45) is 0. The number of carbonyl (C=O) groups is 2. The zero-order chi connectivity index (χ0) is 7.84. The average molecular weight is 171 g/mol. The number of carbonyl (C=O) groups excluding carboxylic acids is 2. The van der Waals surface area contributed by atoms with Gasteiger partial charge in [-0.2, -0.15) is 0 Å². The fraction of sp³-hybridized carbons (Fsp3) is 0. The zero-order valence-electron chi connectivity index (χ0n) is 6.33. The van der Waals surface area contributed by atoms with E-state index in [0.717, 1.165) is 0 Å². The summed E-state index contributed by atoms with van der Waals surface area (Å²) in [6, 6.07) is 6.74. The van der Waals surface area contributed by atoms with Crippen molar-refractivity contribution in [1.82, 2.24) is 5.32 Å². The molecule has 56 valence electrons. The maximum Gasteiger partial charge on any atom is 0.258 e. The molecule has 1 aromatic rings.